The van der Waals surface area contributed by atoms with Crippen LogP contribution in [0.25, 0.3) is 0 Å². The van der Waals surface area contributed by atoms with Crippen molar-refractivity contribution in [1.29, 1.82) is 0 Å². The van der Waals surface area contributed by atoms with Gasteiger partial charge in [-0.2, -0.15) is 0 Å². The van der Waals surface area contributed by atoms with Crippen LogP contribution in [0.5, 0.6) is 0 Å². The summed E-state index contributed by atoms with van der Waals surface area (Å²) in [5.41, 5.74) is 1.01. The maximum absolute atomic E-state index is 10.3. The Labute approximate surface area is 94.8 Å². The molecule has 0 saturated carbocycles. The zero-order chi connectivity index (χ0) is 10.9. The number of carbonyl (C=O) groups is 1. The van der Waals surface area contributed by atoms with Crippen LogP contribution in [0.1, 0.15) is 18.4 Å². The van der Waals surface area contributed by atoms with Crippen molar-refractivity contribution < 1.29 is 4.79 Å². The molecule has 0 saturated heterocycles. The number of rotatable bonds is 3. The largest absolute Gasteiger partial charge is 0.276 e. The van der Waals surface area contributed by atoms with E-state index in [0.29, 0.717) is 0 Å². The van der Waals surface area contributed by atoms with Crippen molar-refractivity contribution in [2.45, 2.75) is 12.8 Å². The van der Waals surface area contributed by atoms with Gasteiger partial charge in [-0.25, -0.2) is 0 Å². The van der Waals surface area contributed by atoms with Gasteiger partial charge in [-0.1, -0.05) is 36.1 Å². The Hall–Kier alpha value is -1.52. The fraction of sp³-hybridized carbons (Fsp3) is 0.154. The number of carbonyl (C=O) groups excluding carboxylic acids is 1. The maximum Gasteiger partial charge on any atom is 0.244 e. The van der Waals surface area contributed by atoms with Gasteiger partial charge in [-0.05, 0) is 36.2 Å². The van der Waals surface area contributed by atoms with Gasteiger partial charge < -0.3 is 0 Å². The molecule has 0 aromatic heterocycles. The summed E-state index contributed by atoms with van der Waals surface area (Å²) in [6, 6.07) is 9.79. The van der Waals surface area contributed by atoms with Crippen LogP contribution < -0.4 is 0 Å². The monoisotopic (exact) mass is 218 g/mol. The third kappa shape index (κ3) is 5.72. The fourth-order valence-corrected chi connectivity index (χ4v) is 1.11. The van der Waals surface area contributed by atoms with Crippen LogP contribution in [0.3, 0.4) is 0 Å². The lowest BCUT2D eigenvalue weighted by Gasteiger charge is -1.86. The van der Waals surface area contributed by atoms with E-state index in [1.54, 1.807) is 6.08 Å². The molecule has 0 bridgehead atoms. The Kier molecular flexibility index (Phi) is 5.29. The highest BCUT2D eigenvalue weighted by atomic mass is 35.5. The zero-order valence-corrected chi connectivity index (χ0v) is 9.00. The van der Waals surface area contributed by atoms with E-state index >= 15 is 0 Å². The second-order valence-corrected chi connectivity index (χ2v) is 3.29. The molecule has 0 aliphatic carbocycles. The number of hydrogen-bond acceptors (Lipinski definition) is 1. The SMILES string of the molecule is O=C(Cl)/C=C/CCC#Cc1ccccc1. The topological polar surface area (TPSA) is 17.1 Å². The van der Waals surface area contributed by atoms with E-state index in [9.17, 15) is 4.79 Å². The number of halogens is 1. The summed E-state index contributed by atoms with van der Waals surface area (Å²) in [6.07, 6.45) is 4.56. The Morgan fingerprint density at radius 3 is 2.73 bits per heavy atom. The van der Waals surface area contributed by atoms with E-state index < -0.39 is 5.24 Å². The maximum atomic E-state index is 10.3. The number of benzene rings is 1. The van der Waals surface area contributed by atoms with Crippen LogP contribution in [0, 0.1) is 11.8 Å². The van der Waals surface area contributed by atoms with Gasteiger partial charge >= 0.3 is 0 Å². The Bertz CT molecular complexity index is 396. The van der Waals surface area contributed by atoms with E-state index in [4.69, 9.17) is 11.6 Å². The summed E-state index contributed by atoms with van der Waals surface area (Å²) >= 11 is 5.12. The summed E-state index contributed by atoms with van der Waals surface area (Å²) in [4.78, 5) is 10.3. The Morgan fingerprint density at radius 2 is 2.07 bits per heavy atom. The Balaban J connectivity index is 2.32. The minimum atomic E-state index is -0.439. The normalized spacial score (nSPS) is 9.67. The molecule has 15 heavy (non-hydrogen) atoms. The molecule has 0 atom stereocenters. The van der Waals surface area contributed by atoms with Gasteiger partial charge in [0.15, 0.2) is 0 Å². The Morgan fingerprint density at radius 1 is 1.33 bits per heavy atom. The molecule has 0 amide bonds. The molecule has 0 aliphatic rings. The third-order valence-electron chi connectivity index (χ3n) is 1.69. The molecule has 76 valence electrons. The molecule has 0 aliphatic heterocycles. The average Bonchev–Trinajstić information content (AvgIpc) is 2.24. The smallest absolute Gasteiger partial charge is 0.244 e. The molecule has 1 aromatic rings. The lowest BCUT2D eigenvalue weighted by atomic mass is 10.2. The molecule has 0 fully saturated rings. The molecule has 0 radical (unpaired) electrons. The van der Waals surface area contributed by atoms with Crippen molar-refractivity contribution in [1.82, 2.24) is 0 Å². The van der Waals surface area contributed by atoms with Crippen molar-refractivity contribution >= 4 is 16.8 Å². The lowest BCUT2D eigenvalue weighted by molar-refractivity contribution is -0.107. The highest BCUT2D eigenvalue weighted by Gasteiger charge is 1.84. The average molecular weight is 219 g/mol. The number of unbranched alkanes of at least 4 members (excludes halogenated alkanes) is 1. The molecular formula is C13H11ClO. The molecule has 0 N–H and O–H groups in total. The first kappa shape index (κ1) is 11.6. The van der Waals surface area contributed by atoms with Crippen LogP contribution >= 0.6 is 11.6 Å². The van der Waals surface area contributed by atoms with E-state index in [1.165, 1.54) is 6.08 Å². The highest BCUT2D eigenvalue weighted by molar-refractivity contribution is 6.66. The standard InChI is InChI=1S/C13H11ClO/c14-13(15)11-7-2-1-4-8-12-9-5-3-6-10-12/h3,5-7,9-11H,1-2H2/b11-7+. The quantitative estimate of drug-likeness (QED) is 0.330. The van der Waals surface area contributed by atoms with Crippen LogP contribution in [-0.4, -0.2) is 5.24 Å². The van der Waals surface area contributed by atoms with Crippen molar-refractivity contribution in [3.8, 4) is 11.8 Å². The second-order valence-electron chi connectivity index (χ2n) is 2.91. The molecule has 0 heterocycles. The van der Waals surface area contributed by atoms with Crippen molar-refractivity contribution in [3.05, 3.63) is 48.0 Å². The first-order valence-electron chi connectivity index (χ1n) is 4.69. The number of allylic oxidation sites excluding steroid dienone is 2. The van der Waals surface area contributed by atoms with Gasteiger partial charge in [0, 0.05) is 12.0 Å². The van der Waals surface area contributed by atoms with Crippen molar-refractivity contribution in [2.24, 2.45) is 0 Å². The first-order valence-corrected chi connectivity index (χ1v) is 5.07. The van der Waals surface area contributed by atoms with Gasteiger partial charge in [-0.15, -0.1) is 0 Å². The summed E-state index contributed by atoms with van der Waals surface area (Å²) in [5, 5.41) is -0.439. The fourth-order valence-electron chi connectivity index (χ4n) is 1.02. The van der Waals surface area contributed by atoms with Gasteiger partial charge in [0.05, 0.1) is 0 Å². The van der Waals surface area contributed by atoms with Crippen LogP contribution in [0.2, 0.25) is 0 Å². The minimum Gasteiger partial charge on any atom is -0.276 e. The second kappa shape index (κ2) is 6.86. The highest BCUT2D eigenvalue weighted by Crippen LogP contribution is 1.96. The van der Waals surface area contributed by atoms with Gasteiger partial charge in [-0.3, -0.25) is 4.79 Å². The first-order chi connectivity index (χ1) is 7.29. The lowest BCUT2D eigenvalue weighted by Crippen LogP contribution is -1.75. The molecular weight excluding hydrogens is 208 g/mol. The third-order valence-corrected chi connectivity index (χ3v) is 1.82. The molecule has 1 nitrogen and oxygen atoms in total. The predicted molar refractivity (Wildman–Crippen MR) is 62.6 cm³/mol. The predicted octanol–water partition coefficient (Wildman–Crippen LogP) is 3.14. The van der Waals surface area contributed by atoms with Crippen molar-refractivity contribution in [2.75, 3.05) is 0 Å². The molecule has 1 aromatic carbocycles. The molecule has 0 unspecified atom stereocenters. The van der Waals surface area contributed by atoms with E-state index in [1.807, 2.05) is 30.3 Å². The summed E-state index contributed by atoms with van der Waals surface area (Å²) < 4.78 is 0. The molecule has 1 rings (SSSR count). The van der Waals surface area contributed by atoms with Crippen LogP contribution in [0.15, 0.2) is 42.5 Å². The zero-order valence-electron chi connectivity index (χ0n) is 8.24. The van der Waals surface area contributed by atoms with Gasteiger partial charge in [0.2, 0.25) is 5.24 Å². The van der Waals surface area contributed by atoms with E-state index in [0.717, 1.165) is 18.4 Å². The van der Waals surface area contributed by atoms with Gasteiger partial charge in [0.25, 0.3) is 0 Å². The summed E-state index contributed by atoms with van der Waals surface area (Å²) in [5.74, 6) is 6.05. The van der Waals surface area contributed by atoms with E-state index in [2.05, 4.69) is 11.8 Å². The molecule has 0 spiro atoms. The van der Waals surface area contributed by atoms with E-state index in [-0.39, 0.29) is 0 Å². The van der Waals surface area contributed by atoms with Crippen LogP contribution in [-0.2, 0) is 4.79 Å². The van der Waals surface area contributed by atoms with Crippen LogP contribution in [0.4, 0.5) is 0 Å². The summed E-state index contributed by atoms with van der Waals surface area (Å²) in [7, 11) is 0. The molecule has 2 heteroatoms. The minimum absolute atomic E-state index is 0.439. The van der Waals surface area contributed by atoms with Gasteiger partial charge in [0.1, 0.15) is 0 Å². The number of hydrogen-bond donors (Lipinski definition) is 0. The summed E-state index contributed by atoms with van der Waals surface area (Å²) in [6.45, 7) is 0. The van der Waals surface area contributed by atoms with Crippen molar-refractivity contribution in [3.63, 3.8) is 0 Å².